The van der Waals surface area contributed by atoms with Gasteiger partial charge in [0.1, 0.15) is 18.4 Å². The predicted molar refractivity (Wildman–Crippen MR) is 146 cm³/mol. The van der Waals surface area contributed by atoms with E-state index in [0.29, 0.717) is 40.8 Å². The van der Waals surface area contributed by atoms with Crippen LogP contribution in [0.2, 0.25) is 0 Å². The maximum absolute atomic E-state index is 12.4. The third-order valence-electron chi connectivity index (χ3n) is 5.75. The second kappa shape index (κ2) is 14.6. The zero-order valence-electron chi connectivity index (χ0n) is 21.8. The van der Waals surface area contributed by atoms with Crippen LogP contribution in [0, 0.1) is 11.8 Å². The second-order valence-corrected chi connectivity index (χ2v) is 8.89. The number of benzene rings is 3. The molecular weight excluding hydrogens is 539 g/mol. The van der Waals surface area contributed by atoms with Crippen LogP contribution in [0.3, 0.4) is 0 Å². The van der Waals surface area contributed by atoms with Gasteiger partial charge in [0.2, 0.25) is 5.91 Å². The summed E-state index contributed by atoms with van der Waals surface area (Å²) in [7, 11) is 0. The van der Waals surface area contributed by atoms with Gasteiger partial charge in [0, 0.05) is 35.3 Å². The van der Waals surface area contributed by atoms with Crippen LogP contribution in [-0.4, -0.2) is 48.3 Å². The highest BCUT2D eigenvalue weighted by molar-refractivity contribution is 5.98. The lowest BCUT2D eigenvalue weighted by atomic mass is 10.1. The van der Waals surface area contributed by atoms with E-state index in [9.17, 15) is 27.6 Å². The Morgan fingerprint density at radius 2 is 1.59 bits per heavy atom. The number of nitrogens with two attached hydrogens (primary N) is 1. The van der Waals surface area contributed by atoms with Crippen LogP contribution < -0.4 is 21.1 Å². The highest BCUT2D eigenvalue weighted by Gasteiger charge is 2.31. The Hall–Kier alpha value is -4.66. The van der Waals surface area contributed by atoms with E-state index in [2.05, 4.69) is 27.2 Å². The molecule has 41 heavy (non-hydrogen) atoms. The zero-order chi connectivity index (χ0) is 29.8. The summed E-state index contributed by atoms with van der Waals surface area (Å²) in [4.78, 5) is 36.2. The van der Waals surface area contributed by atoms with Crippen molar-refractivity contribution in [2.75, 3.05) is 18.5 Å². The van der Waals surface area contributed by atoms with Crippen LogP contribution in [-0.2, 0) is 16.0 Å². The van der Waals surface area contributed by atoms with Crippen LogP contribution in [0.1, 0.15) is 39.9 Å². The predicted octanol–water partition coefficient (Wildman–Crippen LogP) is 3.56. The van der Waals surface area contributed by atoms with Gasteiger partial charge in [-0.2, -0.15) is 0 Å². The van der Waals surface area contributed by atoms with E-state index in [1.807, 2.05) is 0 Å². The average Bonchev–Trinajstić information content (AvgIpc) is 2.94. The lowest BCUT2D eigenvalue weighted by molar-refractivity contribution is -0.274. The molecule has 0 aliphatic rings. The van der Waals surface area contributed by atoms with Crippen molar-refractivity contribution in [3.05, 3.63) is 95.1 Å². The molecular formula is C30H28F3N3O5. The minimum Gasteiger partial charge on any atom is -0.406 e. The van der Waals surface area contributed by atoms with Crippen molar-refractivity contribution in [3.63, 3.8) is 0 Å². The van der Waals surface area contributed by atoms with Gasteiger partial charge in [0.05, 0.1) is 0 Å². The van der Waals surface area contributed by atoms with Gasteiger partial charge in [-0.1, -0.05) is 24.0 Å². The normalized spacial score (nSPS) is 11.5. The first-order chi connectivity index (χ1) is 19.6. The lowest BCUT2D eigenvalue weighted by Crippen LogP contribution is -2.46. The third kappa shape index (κ3) is 10.4. The number of aliphatic hydroxyl groups is 1. The number of ether oxygens (including phenoxy) is 1. The summed E-state index contributed by atoms with van der Waals surface area (Å²) >= 11 is 0. The van der Waals surface area contributed by atoms with Crippen LogP contribution in [0.4, 0.5) is 18.9 Å². The number of alkyl halides is 3. The van der Waals surface area contributed by atoms with Crippen LogP contribution >= 0.6 is 0 Å². The van der Waals surface area contributed by atoms with Crippen molar-refractivity contribution in [1.29, 1.82) is 0 Å². The fourth-order valence-corrected chi connectivity index (χ4v) is 3.68. The minimum atomic E-state index is -4.76. The van der Waals surface area contributed by atoms with Crippen molar-refractivity contribution in [2.45, 2.75) is 31.7 Å². The number of hydrogen-bond acceptors (Lipinski definition) is 6. The minimum absolute atomic E-state index is 0.126. The molecule has 0 unspecified atom stereocenters. The Kier molecular flexibility index (Phi) is 11.0. The molecule has 214 valence electrons. The molecule has 3 aromatic carbocycles. The quantitative estimate of drug-likeness (QED) is 0.262. The third-order valence-corrected chi connectivity index (χ3v) is 5.75. The van der Waals surface area contributed by atoms with Crippen molar-refractivity contribution < 1.29 is 37.4 Å². The Labute approximate surface area is 234 Å². The standard InChI is InChI=1S/C30H28F3N3O5/c31-30(32,33)41-25-5-1-3-22(17-25)4-2-6-28(39)35-24-15-11-21(12-16-24)8-7-20-9-13-23(14-10-20)29(40)36-26(18-34)27(38)19-37/h1,3,5,9-17,26,37H,2,4,6,18-19,34H2,(H,35,39)(H,36,40)/t26-/m0/s1. The van der Waals surface area contributed by atoms with E-state index >= 15 is 0 Å². The van der Waals surface area contributed by atoms with Crippen molar-refractivity contribution in [2.24, 2.45) is 5.73 Å². The average molecular weight is 568 g/mol. The number of aryl methyl sites for hydroxylation is 1. The van der Waals surface area contributed by atoms with Gasteiger partial charge in [0.25, 0.3) is 5.91 Å². The molecule has 0 saturated carbocycles. The fraction of sp³-hybridized carbons (Fsp3) is 0.233. The maximum Gasteiger partial charge on any atom is 0.573 e. The molecule has 0 saturated heterocycles. The summed E-state index contributed by atoms with van der Waals surface area (Å²) in [5, 5.41) is 14.2. The molecule has 0 bridgehead atoms. The number of rotatable bonds is 11. The van der Waals surface area contributed by atoms with Gasteiger partial charge in [0.15, 0.2) is 5.78 Å². The first-order valence-electron chi connectivity index (χ1n) is 12.6. The number of hydrogen-bond donors (Lipinski definition) is 4. The molecule has 0 fully saturated rings. The van der Waals surface area contributed by atoms with E-state index in [4.69, 9.17) is 10.8 Å². The molecule has 0 aliphatic carbocycles. The van der Waals surface area contributed by atoms with Crippen molar-refractivity contribution >= 4 is 23.3 Å². The second-order valence-electron chi connectivity index (χ2n) is 8.89. The zero-order valence-corrected chi connectivity index (χ0v) is 21.8. The number of ketones is 1. The fourth-order valence-electron chi connectivity index (χ4n) is 3.68. The Balaban J connectivity index is 1.47. The highest BCUT2D eigenvalue weighted by atomic mass is 19.4. The lowest BCUT2D eigenvalue weighted by Gasteiger charge is -2.14. The molecule has 3 rings (SSSR count). The SMILES string of the molecule is NC[C@H](NC(=O)c1ccc(C#Cc2ccc(NC(=O)CCCc3cccc(OC(F)(F)F)c3)cc2)cc1)C(=O)CO. The first-order valence-corrected chi connectivity index (χ1v) is 12.6. The summed E-state index contributed by atoms with van der Waals surface area (Å²) in [6, 6.07) is 18.0. The molecule has 5 N–H and O–H groups in total. The number of carbonyl (C=O) groups is 3. The van der Waals surface area contributed by atoms with E-state index in [1.54, 1.807) is 54.6 Å². The molecule has 1 atom stereocenters. The molecule has 0 aromatic heterocycles. The van der Waals surface area contributed by atoms with Gasteiger partial charge in [-0.3, -0.25) is 14.4 Å². The highest BCUT2D eigenvalue weighted by Crippen LogP contribution is 2.24. The number of amides is 2. The molecule has 11 heteroatoms. The van der Waals surface area contributed by atoms with Gasteiger partial charge >= 0.3 is 6.36 Å². The Bertz CT molecular complexity index is 1410. The van der Waals surface area contributed by atoms with Crippen LogP contribution in [0.25, 0.3) is 0 Å². The van der Waals surface area contributed by atoms with Gasteiger partial charge in [-0.05, 0) is 79.1 Å². The van der Waals surface area contributed by atoms with Crippen molar-refractivity contribution in [3.8, 4) is 17.6 Å². The van der Waals surface area contributed by atoms with Gasteiger partial charge < -0.3 is 26.2 Å². The van der Waals surface area contributed by atoms with Gasteiger partial charge in [-0.25, -0.2) is 0 Å². The number of nitrogens with one attached hydrogen (secondary N) is 2. The number of anilines is 1. The number of Topliss-reactive ketones (excluding diaryl/α,β-unsaturated/α-hetero) is 1. The molecule has 8 nitrogen and oxygen atoms in total. The number of halogens is 3. The summed E-state index contributed by atoms with van der Waals surface area (Å²) in [5.74, 6) is 4.38. The monoisotopic (exact) mass is 567 g/mol. The van der Waals surface area contributed by atoms with Crippen molar-refractivity contribution in [1.82, 2.24) is 5.32 Å². The van der Waals surface area contributed by atoms with Crippen LogP contribution in [0.15, 0.2) is 72.8 Å². The van der Waals surface area contributed by atoms with Crippen LogP contribution in [0.5, 0.6) is 5.75 Å². The largest absolute Gasteiger partial charge is 0.573 e. The number of aliphatic hydroxyl groups excluding tert-OH is 1. The molecule has 0 aliphatic heterocycles. The summed E-state index contributed by atoms with van der Waals surface area (Å²) < 4.78 is 41.1. The smallest absolute Gasteiger partial charge is 0.406 e. The Morgan fingerprint density at radius 1 is 0.951 bits per heavy atom. The van der Waals surface area contributed by atoms with E-state index in [-0.39, 0.29) is 24.6 Å². The molecule has 0 spiro atoms. The van der Waals surface area contributed by atoms with E-state index < -0.39 is 30.7 Å². The summed E-state index contributed by atoms with van der Waals surface area (Å²) in [6.45, 7) is -0.839. The van der Waals surface area contributed by atoms with E-state index in [1.165, 1.54) is 18.2 Å². The van der Waals surface area contributed by atoms with E-state index in [0.717, 1.165) is 0 Å². The first kappa shape index (κ1) is 30.9. The van der Waals surface area contributed by atoms with Gasteiger partial charge in [-0.15, -0.1) is 13.2 Å². The molecule has 0 radical (unpaired) electrons. The molecule has 0 heterocycles. The molecule has 2 amide bonds. The maximum atomic E-state index is 12.4. The summed E-state index contributed by atoms with van der Waals surface area (Å²) in [5.41, 5.74) is 8.33. The Morgan fingerprint density at radius 3 is 2.17 bits per heavy atom. The number of carbonyl (C=O) groups excluding carboxylic acids is 3. The topological polar surface area (TPSA) is 131 Å². The summed E-state index contributed by atoms with van der Waals surface area (Å²) in [6.07, 6.45) is -3.71. The molecule has 3 aromatic rings.